The molecule has 0 aromatic rings. The van der Waals surface area contributed by atoms with Crippen molar-refractivity contribution >= 4 is 0 Å². The molecule has 0 unspecified atom stereocenters. The highest BCUT2D eigenvalue weighted by atomic mass is 16.3. The first kappa shape index (κ1) is 9.36. The van der Waals surface area contributed by atoms with Crippen LogP contribution in [0, 0.1) is 5.92 Å². The fourth-order valence-electron chi connectivity index (χ4n) is 1.87. The van der Waals surface area contributed by atoms with Crippen LogP contribution < -0.4 is 0 Å². The van der Waals surface area contributed by atoms with Crippen LogP contribution in [0.25, 0.3) is 10.4 Å². The van der Waals surface area contributed by atoms with Crippen molar-refractivity contribution in [3.8, 4) is 0 Å². The Hall–Kier alpha value is -0.730. The van der Waals surface area contributed by atoms with Gasteiger partial charge in [-0.15, -0.1) is 0 Å². The Kier molecular flexibility index (Phi) is 3.91. The number of azide groups is 1. The third-order valence-electron chi connectivity index (χ3n) is 2.58. The van der Waals surface area contributed by atoms with Gasteiger partial charge in [-0.3, -0.25) is 0 Å². The van der Waals surface area contributed by atoms with Gasteiger partial charge in [0.15, 0.2) is 0 Å². The molecule has 0 bridgehead atoms. The fourth-order valence-corrected chi connectivity index (χ4v) is 1.87. The van der Waals surface area contributed by atoms with Crippen LogP contribution in [-0.4, -0.2) is 17.8 Å². The second-order valence-electron chi connectivity index (χ2n) is 3.35. The summed E-state index contributed by atoms with van der Waals surface area (Å²) in [5.74, 6) is 0.416. The topological polar surface area (TPSA) is 69.0 Å². The van der Waals surface area contributed by atoms with Crippen LogP contribution in [0.3, 0.4) is 0 Å². The lowest BCUT2D eigenvalue weighted by atomic mass is 9.84. The minimum absolute atomic E-state index is 0.00523. The van der Waals surface area contributed by atoms with E-state index in [9.17, 15) is 0 Å². The van der Waals surface area contributed by atoms with E-state index in [0.29, 0.717) is 5.92 Å². The van der Waals surface area contributed by atoms with E-state index >= 15 is 0 Å². The van der Waals surface area contributed by atoms with Crippen molar-refractivity contribution in [3.05, 3.63) is 10.4 Å². The van der Waals surface area contributed by atoms with Gasteiger partial charge >= 0.3 is 0 Å². The summed E-state index contributed by atoms with van der Waals surface area (Å²) in [5, 5.41) is 12.5. The highest BCUT2D eigenvalue weighted by Crippen LogP contribution is 2.27. The maximum absolute atomic E-state index is 8.94. The number of nitrogens with zero attached hydrogens (tertiary/aromatic N) is 3. The predicted octanol–water partition coefficient (Wildman–Crippen LogP) is 2.24. The third-order valence-corrected chi connectivity index (χ3v) is 2.58. The monoisotopic (exact) mass is 169 g/mol. The van der Waals surface area contributed by atoms with Crippen molar-refractivity contribution in [2.75, 3.05) is 6.61 Å². The number of aliphatic hydroxyl groups excluding tert-OH is 1. The average Bonchev–Trinajstić information content (AvgIpc) is 2.15. The molecule has 1 aliphatic carbocycles. The number of hydrogen-bond donors (Lipinski definition) is 1. The Bertz CT molecular complexity index is 171. The molecule has 0 aromatic heterocycles. The van der Waals surface area contributed by atoms with E-state index in [1.54, 1.807) is 0 Å². The Morgan fingerprint density at radius 2 is 2.08 bits per heavy atom. The first-order chi connectivity index (χ1) is 5.88. The molecular formula is C8H15N3O. The zero-order chi connectivity index (χ0) is 8.81. The predicted molar refractivity (Wildman–Crippen MR) is 46.6 cm³/mol. The van der Waals surface area contributed by atoms with Crippen molar-refractivity contribution in [1.29, 1.82) is 0 Å². The molecule has 12 heavy (non-hydrogen) atoms. The van der Waals surface area contributed by atoms with E-state index in [-0.39, 0.29) is 12.6 Å². The highest BCUT2D eigenvalue weighted by molar-refractivity contribution is 4.78. The van der Waals surface area contributed by atoms with Gasteiger partial charge in [0.05, 0.1) is 12.6 Å². The maximum atomic E-state index is 8.94. The van der Waals surface area contributed by atoms with Crippen LogP contribution in [0.15, 0.2) is 5.11 Å². The van der Waals surface area contributed by atoms with Crippen molar-refractivity contribution in [2.45, 2.75) is 38.1 Å². The summed E-state index contributed by atoms with van der Waals surface area (Å²) in [6.45, 7) is -0.00523. The average molecular weight is 169 g/mol. The maximum Gasteiger partial charge on any atom is 0.0633 e. The number of aliphatic hydroxyl groups is 1. The van der Waals surface area contributed by atoms with Gasteiger partial charge in [-0.25, -0.2) is 0 Å². The Morgan fingerprint density at radius 3 is 2.58 bits per heavy atom. The van der Waals surface area contributed by atoms with Crippen LogP contribution in [0.5, 0.6) is 0 Å². The molecule has 0 heterocycles. The summed E-state index contributed by atoms with van der Waals surface area (Å²) in [6, 6.07) is -0.185. The van der Waals surface area contributed by atoms with E-state index in [2.05, 4.69) is 10.0 Å². The van der Waals surface area contributed by atoms with E-state index in [1.807, 2.05) is 0 Å². The first-order valence-corrected chi connectivity index (χ1v) is 4.53. The molecule has 0 aromatic carbocycles. The molecule has 4 nitrogen and oxygen atoms in total. The summed E-state index contributed by atoms with van der Waals surface area (Å²) in [6.07, 6.45) is 5.91. The molecular weight excluding hydrogens is 154 g/mol. The van der Waals surface area contributed by atoms with Crippen molar-refractivity contribution in [2.24, 2.45) is 11.0 Å². The molecule has 0 spiro atoms. The molecule has 0 aliphatic heterocycles. The van der Waals surface area contributed by atoms with E-state index in [4.69, 9.17) is 10.6 Å². The molecule has 1 rings (SSSR count). The molecule has 1 atom stereocenters. The van der Waals surface area contributed by atoms with Gasteiger partial charge in [-0.2, -0.15) is 0 Å². The van der Waals surface area contributed by atoms with Crippen LogP contribution in [0.4, 0.5) is 0 Å². The SMILES string of the molecule is [N-]=[N+]=N[C@@H](CO)C1CCCCC1. The second-order valence-corrected chi connectivity index (χ2v) is 3.35. The molecule has 1 fully saturated rings. The van der Waals surface area contributed by atoms with Gasteiger partial charge in [-0.1, -0.05) is 24.4 Å². The molecule has 0 radical (unpaired) electrons. The molecule has 1 aliphatic rings. The largest absolute Gasteiger partial charge is 0.396 e. The smallest absolute Gasteiger partial charge is 0.0633 e. The lowest BCUT2D eigenvalue weighted by molar-refractivity contribution is 0.198. The van der Waals surface area contributed by atoms with Crippen LogP contribution in [-0.2, 0) is 0 Å². The summed E-state index contributed by atoms with van der Waals surface area (Å²) in [5.41, 5.74) is 8.25. The van der Waals surface area contributed by atoms with Crippen molar-refractivity contribution < 1.29 is 5.11 Å². The Balaban J connectivity index is 2.45. The summed E-state index contributed by atoms with van der Waals surface area (Å²) >= 11 is 0. The minimum Gasteiger partial charge on any atom is -0.396 e. The minimum atomic E-state index is -0.185. The lowest BCUT2D eigenvalue weighted by Gasteiger charge is -2.25. The van der Waals surface area contributed by atoms with Gasteiger partial charge in [-0.05, 0) is 24.3 Å². The molecule has 0 saturated heterocycles. The Labute approximate surface area is 72.2 Å². The third kappa shape index (κ3) is 2.40. The van der Waals surface area contributed by atoms with Crippen LogP contribution in [0.1, 0.15) is 32.1 Å². The second kappa shape index (κ2) is 5.01. The number of rotatable bonds is 3. The standard InChI is InChI=1S/C8H15N3O/c9-11-10-8(6-12)7-4-2-1-3-5-7/h7-8,12H,1-6H2/t8-/m0/s1. The molecule has 0 amide bonds. The highest BCUT2D eigenvalue weighted by Gasteiger charge is 2.21. The van der Waals surface area contributed by atoms with Gasteiger partial charge < -0.3 is 5.11 Å². The quantitative estimate of drug-likeness (QED) is 0.393. The Morgan fingerprint density at radius 1 is 1.42 bits per heavy atom. The van der Waals surface area contributed by atoms with Crippen LogP contribution in [0.2, 0.25) is 0 Å². The summed E-state index contributed by atoms with van der Waals surface area (Å²) in [4.78, 5) is 2.75. The number of hydrogen-bond acceptors (Lipinski definition) is 2. The van der Waals surface area contributed by atoms with E-state index in [0.717, 1.165) is 12.8 Å². The lowest BCUT2D eigenvalue weighted by Crippen LogP contribution is -2.24. The van der Waals surface area contributed by atoms with E-state index < -0.39 is 0 Å². The van der Waals surface area contributed by atoms with Crippen molar-refractivity contribution in [1.82, 2.24) is 0 Å². The van der Waals surface area contributed by atoms with Gasteiger partial charge in [0.25, 0.3) is 0 Å². The van der Waals surface area contributed by atoms with Crippen molar-refractivity contribution in [3.63, 3.8) is 0 Å². The molecule has 4 heteroatoms. The molecule has 1 N–H and O–H groups in total. The van der Waals surface area contributed by atoms with Gasteiger partial charge in [0.2, 0.25) is 0 Å². The molecule has 68 valence electrons. The molecule has 1 saturated carbocycles. The van der Waals surface area contributed by atoms with Gasteiger partial charge in [0.1, 0.15) is 0 Å². The first-order valence-electron chi connectivity index (χ1n) is 4.53. The van der Waals surface area contributed by atoms with Gasteiger partial charge in [0, 0.05) is 4.91 Å². The summed E-state index contributed by atoms with van der Waals surface area (Å²) < 4.78 is 0. The fraction of sp³-hybridized carbons (Fsp3) is 1.00. The normalized spacial score (nSPS) is 21.4. The summed E-state index contributed by atoms with van der Waals surface area (Å²) in [7, 11) is 0. The van der Waals surface area contributed by atoms with Crippen LogP contribution >= 0.6 is 0 Å². The van der Waals surface area contributed by atoms with E-state index in [1.165, 1.54) is 19.3 Å². The zero-order valence-electron chi connectivity index (χ0n) is 7.19. The zero-order valence-corrected chi connectivity index (χ0v) is 7.19.